The summed E-state index contributed by atoms with van der Waals surface area (Å²) in [6.45, 7) is 2.73. The molecular formula is C16H17ClN2O2S. The lowest BCUT2D eigenvalue weighted by molar-refractivity contribution is -0.135. The van der Waals surface area contributed by atoms with Crippen molar-refractivity contribution in [3.63, 3.8) is 0 Å². The Morgan fingerprint density at radius 2 is 2.09 bits per heavy atom. The SMILES string of the molecule is NC(=O)[C@@H]1CN(Cc2ccc(-c3ccc(Cl)cc3)s2)CCO1. The minimum absolute atomic E-state index is 0.391. The van der Waals surface area contributed by atoms with Gasteiger partial charge in [0.2, 0.25) is 5.91 Å². The lowest BCUT2D eigenvalue weighted by Crippen LogP contribution is -2.47. The Kier molecular flexibility index (Phi) is 4.78. The zero-order valence-corrected chi connectivity index (χ0v) is 13.6. The van der Waals surface area contributed by atoms with Crippen molar-refractivity contribution >= 4 is 28.8 Å². The van der Waals surface area contributed by atoms with Gasteiger partial charge in [0, 0.05) is 34.4 Å². The van der Waals surface area contributed by atoms with Gasteiger partial charge >= 0.3 is 0 Å². The number of carbonyl (C=O) groups excluding carboxylic acids is 1. The molecule has 1 atom stereocenters. The monoisotopic (exact) mass is 336 g/mol. The van der Waals surface area contributed by atoms with Crippen LogP contribution in [0.4, 0.5) is 0 Å². The van der Waals surface area contributed by atoms with Gasteiger partial charge in [0.25, 0.3) is 0 Å². The Morgan fingerprint density at radius 1 is 1.32 bits per heavy atom. The summed E-state index contributed by atoms with van der Waals surface area (Å²) in [5.74, 6) is -0.391. The van der Waals surface area contributed by atoms with Crippen molar-refractivity contribution in [3.05, 3.63) is 46.3 Å². The van der Waals surface area contributed by atoms with Crippen LogP contribution in [-0.4, -0.2) is 36.6 Å². The molecule has 116 valence electrons. The maximum absolute atomic E-state index is 11.2. The first-order valence-electron chi connectivity index (χ1n) is 7.10. The van der Waals surface area contributed by atoms with E-state index in [1.165, 1.54) is 9.75 Å². The number of ether oxygens (including phenoxy) is 1. The van der Waals surface area contributed by atoms with Gasteiger partial charge in [0.1, 0.15) is 6.10 Å². The zero-order chi connectivity index (χ0) is 15.5. The highest BCUT2D eigenvalue weighted by atomic mass is 35.5. The minimum atomic E-state index is -0.496. The van der Waals surface area contributed by atoms with Crippen LogP contribution in [0.5, 0.6) is 0 Å². The molecule has 2 aromatic rings. The molecule has 1 aromatic carbocycles. The van der Waals surface area contributed by atoms with Gasteiger partial charge in [0.15, 0.2) is 0 Å². The van der Waals surface area contributed by atoms with Crippen LogP contribution in [0.25, 0.3) is 10.4 Å². The van der Waals surface area contributed by atoms with E-state index in [1.807, 2.05) is 24.3 Å². The molecule has 0 aliphatic carbocycles. The molecule has 0 bridgehead atoms. The lowest BCUT2D eigenvalue weighted by atomic mass is 10.2. The van der Waals surface area contributed by atoms with Crippen molar-refractivity contribution in [2.75, 3.05) is 19.7 Å². The number of rotatable bonds is 4. The van der Waals surface area contributed by atoms with Crippen molar-refractivity contribution in [1.82, 2.24) is 4.90 Å². The molecule has 1 fully saturated rings. The highest BCUT2D eigenvalue weighted by molar-refractivity contribution is 7.15. The Balaban J connectivity index is 1.66. The summed E-state index contributed by atoms with van der Waals surface area (Å²) in [5.41, 5.74) is 6.48. The fourth-order valence-corrected chi connectivity index (χ4v) is 3.65. The van der Waals surface area contributed by atoms with E-state index in [-0.39, 0.29) is 0 Å². The maximum atomic E-state index is 11.2. The molecule has 1 aromatic heterocycles. The fraction of sp³-hybridized carbons (Fsp3) is 0.312. The van der Waals surface area contributed by atoms with Crippen LogP contribution in [0.15, 0.2) is 36.4 Å². The van der Waals surface area contributed by atoms with Crippen molar-refractivity contribution in [1.29, 1.82) is 0 Å². The molecule has 1 aliphatic rings. The average Bonchev–Trinajstić information content (AvgIpc) is 2.96. The number of morpholine rings is 1. The van der Waals surface area contributed by atoms with Crippen molar-refractivity contribution in [2.45, 2.75) is 12.6 Å². The topological polar surface area (TPSA) is 55.6 Å². The second-order valence-electron chi connectivity index (χ2n) is 5.27. The first-order valence-corrected chi connectivity index (χ1v) is 8.29. The van der Waals surface area contributed by atoms with Crippen LogP contribution in [0.1, 0.15) is 4.88 Å². The van der Waals surface area contributed by atoms with Crippen LogP contribution < -0.4 is 5.73 Å². The largest absolute Gasteiger partial charge is 0.367 e. The van der Waals surface area contributed by atoms with Gasteiger partial charge in [-0.3, -0.25) is 9.69 Å². The molecule has 3 rings (SSSR count). The van der Waals surface area contributed by atoms with E-state index in [1.54, 1.807) is 11.3 Å². The number of hydrogen-bond donors (Lipinski definition) is 1. The number of nitrogens with zero attached hydrogens (tertiary/aromatic N) is 1. The standard InChI is InChI=1S/C16H17ClN2O2S/c17-12-3-1-11(2-4-12)15-6-5-13(22-15)9-19-7-8-21-14(10-19)16(18)20/h1-6,14H,7-10H2,(H2,18,20)/t14-/m0/s1. The van der Waals surface area contributed by atoms with E-state index in [0.29, 0.717) is 13.2 Å². The first kappa shape index (κ1) is 15.5. The molecule has 0 saturated carbocycles. The number of benzene rings is 1. The van der Waals surface area contributed by atoms with Gasteiger partial charge in [0.05, 0.1) is 6.61 Å². The van der Waals surface area contributed by atoms with Crippen molar-refractivity contribution in [3.8, 4) is 10.4 Å². The number of primary amides is 1. The number of nitrogens with two attached hydrogens (primary N) is 1. The van der Waals surface area contributed by atoms with Crippen LogP contribution in [0, 0.1) is 0 Å². The second-order valence-corrected chi connectivity index (χ2v) is 6.87. The van der Waals surface area contributed by atoms with E-state index in [0.717, 1.165) is 23.7 Å². The van der Waals surface area contributed by atoms with Crippen molar-refractivity contribution in [2.24, 2.45) is 5.73 Å². The van der Waals surface area contributed by atoms with Crippen LogP contribution in [-0.2, 0) is 16.1 Å². The smallest absolute Gasteiger partial charge is 0.247 e. The van der Waals surface area contributed by atoms with Gasteiger partial charge in [-0.2, -0.15) is 0 Å². The molecule has 1 saturated heterocycles. The van der Waals surface area contributed by atoms with Gasteiger partial charge in [-0.05, 0) is 29.8 Å². The Morgan fingerprint density at radius 3 is 2.82 bits per heavy atom. The normalized spacial score (nSPS) is 19.2. The van der Waals surface area contributed by atoms with Gasteiger partial charge in [-0.15, -0.1) is 11.3 Å². The molecule has 0 spiro atoms. The number of thiophene rings is 1. The maximum Gasteiger partial charge on any atom is 0.247 e. The average molecular weight is 337 g/mol. The first-order chi connectivity index (χ1) is 10.6. The highest BCUT2D eigenvalue weighted by Crippen LogP contribution is 2.30. The summed E-state index contributed by atoms with van der Waals surface area (Å²) in [7, 11) is 0. The Hall–Kier alpha value is -1.40. The summed E-state index contributed by atoms with van der Waals surface area (Å²) in [4.78, 5) is 15.9. The van der Waals surface area contributed by atoms with E-state index >= 15 is 0 Å². The Bertz CT molecular complexity index is 656. The van der Waals surface area contributed by atoms with Gasteiger partial charge < -0.3 is 10.5 Å². The summed E-state index contributed by atoms with van der Waals surface area (Å²) in [6, 6.07) is 12.1. The molecule has 0 radical (unpaired) electrons. The molecule has 6 heteroatoms. The van der Waals surface area contributed by atoms with Crippen LogP contribution >= 0.6 is 22.9 Å². The van der Waals surface area contributed by atoms with Gasteiger partial charge in [-0.25, -0.2) is 0 Å². The second kappa shape index (κ2) is 6.79. The molecule has 4 nitrogen and oxygen atoms in total. The molecule has 22 heavy (non-hydrogen) atoms. The molecule has 2 N–H and O–H groups in total. The predicted octanol–water partition coefficient (Wildman–Crippen LogP) is 2.75. The summed E-state index contributed by atoms with van der Waals surface area (Å²) >= 11 is 7.67. The number of hydrogen-bond acceptors (Lipinski definition) is 4. The summed E-state index contributed by atoms with van der Waals surface area (Å²) in [6.07, 6.45) is -0.496. The minimum Gasteiger partial charge on any atom is -0.367 e. The zero-order valence-electron chi connectivity index (χ0n) is 12.0. The molecule has 2 heterocycles. The molecule has 1 aliphatic heterocycles. The third kappa shape index (κ3) is 3.67. The number of carbonyl (C=O) groups is 1. The van der Waals surface area contributed by atoms with Crippen molar-refractivity contribution < 1.29 is 9.53 Å². The molecule has 1 amide bonds. The lowest BCUT2D eigenvalue weighted by Gasteiger charge is -2.30. The predicted molar refractivity (Wildman–Crippen MR) is 89.0 cm³/mol. The summed E-state index contributed by atoms with van der Waals surface area (Å²) in [5, 5.41) is 0.742. The van der Waals surface area contributed by atoms with E-state index in [2.05, 4.69) is 17.0 Å². The van der Waals surface area contributed by atoms with E-state index in [4.69, 9.17) is 22.1 Å². The van der Waals surface area contributed by atoms with Crippen LogP contribution in [0.3, 0.4) is 0 Å². The molecule has 0 unspecified atom stereocenters. The third-order valence-corrected chi connectivity index (χ3v) is 5.01. The highest BCUT2D eigenvalue weighted by Gasteiger charge is 2.24. The number of halogens is 1. The van der Waals surface area contributed by atoms with Gasteiger partial charge in [-0.1, -0.05) is 23.7 Å². The molecular weight excluding hydrogens is 320 g/mol. The number of amides is 1. The fourth-order valence-electron chi connectivity index (χ4n) is 2.47. The van der Waals surface area contributed by atoms with Crippen LogP contribution in [0.2, 0.25) is 5.02 Å². The van der Waals surface area contributed by atoms with E-state index < -0.39 is 12.0 Å². The Labute approximate surface area is 138 Å². The van der Waals surface area contributed by atoms with E-state index in [9.17, 15) is 4.79 Å². The summed E-state index contributed by atoms with van der Waals surface area (Å²) < 4.78 is 5.37. The third-order valence-electron chi connectivity index (χ3n) is 3.64. The quantitative estimate of drug-likeness (QED) is 0.934.